The van der Waals surface area contributed by atoms with E-state index in [4.69, 9.17) is 9.47 Å². The molecule has 8 nitrogen and oxygen atoms in total. The van der Waals surface area contributed by atoms with E-state index >= 15 is 0 Å². The summed E-state index contributed by atoms with van der Waals surface area (Å²) in [7, 11) is 3.19. The highest BCUT2D eigenvalue weighted by Crippen LogP contribution is 2.41. The lowest BCUT2D eigenvalue weighted by atomic mass is 9.87. The van der Waals surface area contributed by atoms with Gasteiger partial charge in [0.25, 0.3) is 0 Å². The minimum Gasteiger partial charge on any atom is -0.493 e. The summed E-state index contributed by atoms with van der Waals surface area (Å²) in [6, 6.07) is 13.4. The van der Waals surface area contributed by atoms with E-state index in [0.29, 0.717) is 44.1 Å². The van der Waals surface area contributed by atoms with E-state index in [2.05, 4.69) is 0 Å². The highest BCUT2D eigenvalue weighted by atomic mass is 16.5. The van der Waals surface area contributed by atoms with Gasteiger partial charge in [-0.25, -0.2) is 0 Å². The van der Waals surface area contributed by atoms with Gasteiger partial charge in [0.2, 0.25) is 5.91 Å². The minimum atomic E-state index is -0.614. The molecule has 8 heteroatoms. The third kappa shape index (κ3) is 4.25. The molecular formula is C25H29N3O5. The van der Waals surface area contributed by atoms with E-state index in [9.17, 15) is 14.4 Å². The van der Waals surface area contributed by atoms with Crippen LogP contribution in [0, 0.1) is 0 Å². The number of fused-ring (bicyclic) bond motifs is 1. The van der Waals surface area contributed by atoms with Crippen molar-refractivity contribution < 1.29 is 23.9 Å². The predicted octanol–water partition coefficient (Wildman–Crippen LogP) is 1.87. The first-order valence-electron chi connectivity index (χ1n) is 11.2. The second-order valence-electron chi connectivity index (χ2n) is 8.17. The van der Waals surface area contributed by atoms with Gasteiger partial charge >= 0.3 is 11.8 Å². The van der Waals surface area contributed by atoms with E-state index in [1.807, 2.05) is 49.4 Å². The van der Waals surface area contributed by atoms with Crippen LogP contribution in [0.4, 0.5) is 0 Å². The summed E-state index contributed by atoms with van der Waals surface area (Å²) in [5.74, 6) is -0.0902. The molecular weight excluding hydrogens is 422 g/mol. The molecule has 2 aliphatic rings. The molecule has 2 aromatic carbocycles. The molecule has 1 saturated heterocycles. The van der Waals surface area contributed by atoms with E-state index in [1.54, 1.807) is 19.1 Å². The van der Waals surface area contributed by atoms with Crippen LogP contribution in [0.3, 0.4) is 0 Å². The quantitative estimate of drug-likeness (QED) is 0.627. The average Bonchev–Trinajstić information content (AvgIpc) is 2.85. The first-order valence-corrected chi connectivity index (χ1v) is 11.2. The summed E-state index contributed by atoms with van der Waals surface area (Å²) in [5, 5.41) is 0. The summed E-state index contributed by atoms with van der Waals surface area (Å²) in [6.45, 7) is 3.50. The first kappa shape index (κ1) is 22.6. The normalized spacial score (nSPS) is 18.3. The van der Waals surface area contributed by atoms with Gasteiger partial charge < -0.3 is 24.2 Å². The molecule has 0 bridgehead atoms. The predicted molar refractivity (Wildman–Crippen MR) is 122 cm³/mol. The molecule has 2 heterocycles. The summed E-state index contributed by atoms with van der Waals surface area (Å²) in [4.78, 5) is 43.0. The topological polar surface area (TPSA) is 79.4 Å². The Morgan fingerprint density at radius 2 is 1.58 bits per heavy atom. The maximum absolute atomic E-state index is 13.5. The summed E-state index contributed by atoms with van der Waals surface area (Å²) in [5.41, 5.74) is 3.03. The molecule has 3 amide bonds. The number of benzene rings is 2. The summed E-state index contributed by atoms with van der Waals surface area (Å²) >= 11 is 0. The molecule has 2 aromatic rings. The lowest BCUT2D eigenvalue weighted by molar-refractivity contribution is -0.157. The standard InChI is InChI=1S/C25H29N3O5/c1-4-26-12-13-27(25(31)24(26)30)16-22(29)28-11-10-18-14-20(32-2)21(33-3)15-19(18)23(28)17-8-6-5-7-9-17/h5-9,14-15,23H,4,10-13,16H2,1-3H3. The first-order chi connectivity index (χ1) is 16.0. The van der Waals surface area contributed by atoms with Crippen LogP contribution in [0.5, 0.6) is 11.5 Å². The van der Waals surface area contributed by atoms with Crippen LogP contribution in [0.15, 0.2) is 42.5 Å². The van der Waals surface area contributed by atoms with Gasteiger partial charge in [0, 0.05) is 26.2 Å². The molecule has 2 aliphatic heterocycles. The third-order valence-electron chi connectivity index (χ3n) is 6.41. The molecule has 4 rings (SSSR count). The smallest absolute Gasteiger partial charge is 0.312 e. The molecule has 174 valence electrons. The molecule has 0 radical (unpaired) electrons. The maximum Gasteiger partial charge on any atom is 0.312 e. The number of likely N-dealkylation sites (N-methyl/N-ethyl adjacent to an activating group) is 1. The number of nitrogens with zero attached hydrogens (tertiary/aromatic N) is 3. The van der Waals surface area contributed by atoms with Crippen molar-refractivity contribution in [2.45, 2.75) is 19.4 Å². The zero-order valence-electron chi connectivity index (χ0n) is 19.2. The second-order valence-corrected chi connectivity index (χ2v) is 8.17. The van der Waals surface area contributed by atoms with Crippen LogP contribution in [-0.4, -0.2) is 79.4 Å². The van der Waals surface area contributed by atoms with Crippen LogP contribution >= 0.6 is 0 Å². The van der Waals surface area contributed by atoms with Crippen LogP contribution in [-0.2, 0) is 20.8 Å². The maximum atomic E-state index is 13.5. The second kappa shape index (κ2) is 9.52. The number of carbonyl (C=O) groups excluding carboxylic acids is 3. The van der Waals surface area contributed by atoms with Crippen molar-refractivity contribution in [3.05, 3.63) is 59.2 Å². The zero-order valence-corrected chi connectivity index (χ0v) is 19.2. The van der Waals surface area contributed by atoms with Gasteiger partial charge in [-0.15, -0.1) is 0 Å². The van der Waals surface area contributed by atoms with Gasteiger partial charge in [-0.05, 0) is 42.2 Å². The molecule has 1 atom stereocenters. The van der Waals surface area contributed by atoms with Gasteiger partial charge in [0.05, 0.1) is 20.3 Å². The SMILES string of the molecule is CCN1CCN(CC(=O)N2CCc3cc(OC)c(OC)cc3C2c2ccccc2)C(=O)C1=O. The Bertz CT molecular complexity index is 1060. The third-order valence-corrected chi connectivity index (χ3v) is 6.41. The van der Waals surface area contributed by atoms with Crippen molar-refractivity contribution in [3.63, 3.8) is 0 Å². The number of hydrogen-bond donors (Lipinski definition) is 0. The zero-order chi connectivity index (χ0) is 23.5. The molecule has 33 heavy (non-hydrogen) atoms. The fourth-order valence-corrected chi connectivity index (χ4v) is 4.63. The van der Waals surface area contributed by atoms with Gasteiger partial charge in [-0.2, -0.15) is 0 Å². The number of hydrogen-bond acceptors (Lipinski definition) is 5. The van der Waals surface area contributed by atoms with E-state index < -0.39 is 11.8 Å². The van der Waals surface area contributed by atoms with E-state index in [0.717, 1.165) is 16.7 Å². The van der Waals surface area contributed by atoms with Crippen molar-refractivity contribution in [1.29, 1.82) is 0 Å². The molecule has 0 aliphatic carbocycles. The number of rotatable bonds is 6. The Kier molecular flexibility index (Phi) is 6.53. The largest absolute Gasteiger partial charge is 0.493 e. The summed E-state index contributed by atoms with van der Waals surface area (Å²) < 4.78 is 11.0. The number of amides is 3. The monoisotopic (exact) mass is 451 g/mol. The average molecular weight is 452 g/mol. The van der Waals surface area contributed by atoms with Crippen LogP contribution in [0.25, 0.3) is 0 Å². The van der Waals surface area contributed by atoms with Gasteiger partial charge in [0.15, 0.2) is 11.5 Å². The number of carbonyl (C=O) groups is 3. The molecule has 0 N–H and O–H groups in total. The number of methoxy groups -OCH3 is 2. The Hall–Kier alpha value is -3.55. The Balaban J connectivity index is 1.66. The van der Waals surface area contributed by atoms with Crippen molar-refractivity contribution in [1.82, 2.24) is 14.7 Å². The van der Waals surface area contributed by atoms with Gasteiger partial charge in [-0.3, -0.25) is 14.4 Å². The molecule has 0 aromatic heterocycles. The Labute approximate surface area is 193 Å². The summed E-state index contributed by atoms with van der Waals surface area (Å²) in [6.07, 6.45) is 0.654. The highest BCUT2D eigenvalue weighted by Gasteiger charge is 2.37. The Morgan fingerprint density at radius 3 is 2.24 bits per heavy atom. The lowest BCUT2D eigenvalue weighted by Crippen LogP contribution is -2.57. The van der Waals surface area contributed by atoms with Crippen LogP contribution < -0.4 is 9.47 Å². The van der Waals surface area contributed by atoms with Gasteiger partial charge in [-0.1, -0.05) is 30.3 Å². The fraction of sp³-hybridized carbons (Fsp3) is 0.400. The number of piperazine rings is 1. The van der Waals surface area contributed by atoms with Crippen molar-refractivity contribution in [2.75, 3.05) is 46.9 Å². The van der Waals surface area contributed by atoms with Crippen LogP contribution in [0.1, 0.15) is 29.7 Å². The molecule has 0 saturated carbocycles. The van der Waals surface area contributed by atoms with Gasteiger partial charge in [0.1, 0.15) is 6.54 Å². The highest BCUT2D eigenvalue weighted by molar-refractivity contribution is 6.35. The van der Waals surface area contributed by atoms with Crippen molar-refractivity contribution in [3.8, 4) is 11.5 Å². The lowest BCUT2D eigenvalue weighted by Gasteiger charge is -2.40. The minimum absolute atomic E-state index is 0.117. The fourth-order valence-electron chi connectivity index (χ4n) is 4.63. The van der Waals surface area contributed by atoms with E-state index in [-0.39, 0.29) is 18.5 Å². The van der Waals surface area contributed by atoms with Crippen molar-refractivity contribution in [2.24, 2.45) is 0 Å². The molecule has 1 unspecified atom stereocenters. The number of ether oxygens (including phenoxy) is 2. The van der Waals surface area contributed by atoms with E-state index in [1.165, 1.54) is 9.80 Å². The molecule has 0 spiro atoms. The molecule has 1 fully saturated rings. The van der Waals surface area contributed by atoms with Crippen LogP contribution in [0.2, 0.25) is 0 Å². The Morgan fingerprint density at radius 1 is 0.939 bits per heavy atom. The van der Waals surface area contributed by atoms with Crippen molar-refractivity contribution >= 4 is 17.7 Å².